The highest BCUT2D eigenvalue weighted by molar-refractivity contribution is 5.73. The van der Waals surface area contributed by atoms with Crippen LogP contribution in [0.25, 0.3) is 11.1 Å². The molecule has 0 aromatic rings. The molecule has 1 nitrogen and oxygen atoms in total. The molecule has 2 rings (SSSR count). The molecule has 1 N–H and O–H groups in total. The number of hydrogen-bond acceptors (Lipinski definition) is 1. The van der Waals surface area contributed by atoms with Crippen LogP contribution < -0.4 is 0 Å². The molecular formula is C15H18O. The van der Waals surface area contributed by atoms with E-state index in [9.17, 15) is 5.11 Å². The Labute approximate surface area is 97.1 Å². The fourth-order valence-electron chi connectivity index (χ4n) is 2.02. The van der Waals surface area contributed by atoms with Gasteiger partial charge < -0.3 is 5.11 Å². The van der Waals surface area contributed by atoms with Crippen LogP contribution in [-0.4, -0.2) is 5.11 Å². The lowest BCUT2D eigenvalue weighted by Gasteiger charge is -2.16. The van der Waals surface area contributed by atoms with Gasteiger partial charge in [-0.05, 0) is 61.6 Å². The molecule has 0 radical (unpaired) electrons. The second-order valence-corrected chi connectivity index (χ2v) is 5.02. The lowest BCUT2D eigenvalue weighted by Crippen LogP contribution is -2.14. The summed E-state index contributed by atoms with van der Waals surface area (Å²) in [5, 5.41) is 10.1. The lowest BCUT2D eigenvalue weighted by molar-refractivity contribution is 0.0787. The Kier molecular flexibility index (Phi) is 2.51. The smallest absolute Gasteiger partial charge is 0.0840 e. The van der Waals surface area contributed by atoms with E-state index >= 15 is 0 Å². The van der Waals surface area contributed by atoms with Gasteiger partial charge in [0, 0.05) is 0 Å². The second kappa shape index (κ2) is 3.60. The molecule has 0 atom stereocenters. The van der Waals surface area contributed by atoms with Crippen molar-refractivity contribution in [3.8, 4) is 11.1 Å². The average molecular weight is 214 g/mol. The van der Waals surface area contributed by atoms with Crippen LogP contribution in [-0.2, 0) is 5.60 Å². The number of rotatable bonds is 1. The van der Waals surface area contributed by atoms with E-state index in [4.69, 9.17) is 0 Å². The van der Waals surface area contributed by atoms with E-state index in [1.807, 2.05) is 19.9 Å². The van der Waals surface area contributed by atoms with Crippen LogP contribution in [0.15, 0.2) is 30.3 Å². The first kappa shape index (κ1) is 11.2. The highest BCUT2D eigenvalue weighted by Crippen LogP contribution is 2.32. The van der Waals surface area contributed by atoms with E-state index in [2.05, 4.69) is 38.1 Å². The minimum Gasteiger partial charge on any atom is -0.386 e. The maximum atomic E-state index is 10.1. The highest BCUT2D eigenvalue weighted by atomic mass is 16.3. The van der Waals surface area contributed by atoms with Crippen molar-refractivity contribution < 1.29 is 5.11 Å². The summed E-state index contributed by atoms with van der Waals surface area (Å²) >= 11 is 0. The topological polar surface area (TPSA) is 20.2 Å². The van der Waals surface area contributed by atoms with Gasteiger partial charge in [-0.2, -0.15) is 0 Å². The molecule has 0 fully saturated rings. The van der Waals surface area contributed by atoms with Crippen LogP contribution in [0.3, 0.4) is 0 Å². The van der Waals surface area contributed by atoms with Gasteiger partial charge in [-0.3, -0.25) is 0 Å². The van der Waals surface area contributed by atoms with Crippen LogP contribution in [0.4, 0.5) is 0 Å². The van der Waals surface area contributed by atoms with Gasteiger partial charge in [-0.25, -0.2) is 0 Å². The lowest BCUT2D eigenvalue weighted by atomic mass is 9.98. The van der Waals surface area contributed by atoms with E-state index in [1.165, 1.54) is 22.3 Å². The first-order valence-corrected chi connectivity index (χ1v) is 5.62. The Morgan fingerprint density at radius 3 is 2.06 bits per heavy atom. The fraction of sp³-hybridized carbons (Fsp3) is 0.333. The number of fused-ring (bicyclic) bond motifs is 1. The molecule has 2 aliphatic carbocycles. The van der Waals surface area contributed by atoms with Crippen LogP contribution in [0.5, 0.6) is 0 Å². The van der Waals surface area contributed by atoms with Crippen molar-refractivity contribution in [3.63, 3.8) is 0 Å². The molecule has 0 amide bonds. The largest absolute Gasteiger partial charge is 0.386 e. The summed E-state index contributed by atoms with van der Waals surface area (Å²) in [6.45, 7) is 7.86. The summed E-state index contributed by atoms with van der Waals surface area (Å²) in [4.78, 5) is 0. The summed E-state index contributed by atoms with van der Waals surface area (Å²) in [7, 11) is 0. The Hall–Kier alpha value is -1.34. The summed E-state index contributed by atoms with van der Waals surface area (Å²) < 4.78 is 0. The summed E-state index contributed by atoms with van der Waals surface area (Å²) in [5.74, 6) is 0. The second-order valence-electron chi connectivity index (χ2n) is 5.02. The third kappa shape index (κ3) is 1.83. The maximum absolute atomic E-state index is 10.1. The minimum absolute atomic E-state index is 0.790. The molecule has 0 heterocycles. The molecule has 2 aliphatic rings. The molecule has 0 saturated carbocycles. The van der Waals surface area contributed by atoms with Gasteiger partial charge in [0.1, 0.15) is 0 Å². The first-order valence-electron chi connectivity index (χ1n) is 5.62. The van der Waals surface area contributed by atoms with Gasteiger partial charge in [-0.1, -0.05) is 24.3 Å². The maximum Gasteiger partial charge on any atom is 0.0840 e. The molecule has 84 valence electrons. The molecule has 0 unspecified atom stereocenters. The average Bonchev–Trinajstić information content (AvgIpc) is 2.42. The molecule has 0 aromatic carbocycles. The summed E-state index contributed by atoms with van der Waals surface area (Å²) in [6, 6.07) is 10.5. The Morgan fingerprint density at radius 2 is 1.44 bits per heavy atom. The van der Waals surface area contributed by atoms with Gasteiger partial charge in [0.05, 0.1) is 5.60 Å². The fourth-order valence-corrected chi connectivity index (χ4v) is 2.02. The molecule has 16 heavy (non-hydrogen) atoms. The summed E-state index contributed by atoms with van der Waals surface area (Å²) in [5.41, 5.74) is 5.19. The quantitative estimate of drug-likeness (QED) is 0.768. The molecule has 0 spiro atoms. The van der Waals surface area contributed by atoms with Gasteiger partial charge in [0.25, 0.3) is 0 Å². The van der Waals surface area contributed by atoms with Crippen LogP contribution in [0.1, 0.15) is 30.5 Å². The third-order valence-electron chi connectivity index (χ3n) is 3.16. The Balaban J connectivity index is 2.73. The predicted molar refractivity (Wildman–Crippen MR) is 67.8 cm³/mol. The van der Waals surface area contributed by atoms with Crippen molar-refractivity contribution >= 4 is 0 Å². The molecule has 0 aromatic heterocycles. The van der Waals surface area contributed by atoms with Crippen molar-refractivity contribution in [1.29, 1.82) is 0 Å². The first-order chi connectivity index (χ1) is 7.39. The van der Waals surface area contributed by atoms with E-state index in [0.29, 0.717) is 0 Å². The van der Waals surface area contributed by atoms with Crippen molar-refractivity contribution in [2.45, 2.75) is 33.3 Å². The van der Waals surface area contributed by atoms with Crippen molar-refractivity contribution in [1.82, 2.24) is 0 Å². The third-order valence-corrected chi connectivity index (χ3v) is 3.16. The van der Waals surface area contributed by atoms with E-state index in [0.717, 1.165) is 5.56 Å². The minimum atomic E-state index is -0.790. The van der Waals surface area contributed by atoms with Crippen molar-refractivity contribution in [2.24, 2.45) is 0 Å². The monoisotopic (exact) mass is 214 g/mol. The number of aliphatic hydroxyl groups is 1. The van der Waals surface area contributed by atoms with Gasteiger partial charge in [0.2, 0.25) is 0 Å². The SMILES string of the molecule is Cc1ccc(C(C)(C)O)cc2c(C)ccc1-2. The van der Waals surface area contributed by atoms with Gasteiger partial charge in [-0.15, -0.1) is 0 Å². The van der Waals surface area contributed by atoms with Gasteiger partial charge in [0.15, 0.2) is 0 Å². The highest BCUT2D eigenvalue weighted by Gasteiger charge is 2.17. The molecule has 0 bridgehead atoms. The van der Waals surface area contributed by atoms with Gasteiger partial charge >= 0.3 is 0 Å². The van der Waals surface area contributed by atoms with Crippen LogP contribution in [0, 0.1) is 13.8 Å². The van der Waals surface area contributed by atoms with Crippen LogP contribution >= 0.6 is 0 Å². The standard InChI is InChI=1S/C15H18O/c1-10-5-7-12(15(3,4)16)9-14-11(2)6-8-13(10)14/h5-9,16H,1-4H3. The van der Waals surface area contributed by atoms with E-state index in [-0.39, 0.29) is 0 Å². The summed E-state index contributed by atoms with van der Waals surface area (Å²) in [6.07, 6.45) is 0. The zero-order valence-corrected chi connectivity index (χ0v) is 10.3. The van der Waals surface area contributed by atoms with Crippen molar-refractivity contribution in [2.75, 3.05) is 0 Å². The Morgan fingerprint density at radius 1 is 0.875 bits per heavy atom. The zero-order chi connectivity index (χ0) is 11.9. The molecule has 1 heteroatoms. The normalized spacial score (nSPS) is 12.1. The predicted octanol–water partition coefficient (Wildman–Crippen LogP) is 3.64. The number of hydrogen-bond donors (Lipinski definition) is 1. The molecule has 0 saturated heterocycles. The van der Waals surface area contributed by atoms with E-state index < -0.39 is 5.60 Å². The van der Waals surface area contributed by atoms with E-state index in [1.54, 1.807) is 0 Å². The van der Waals surface area contributed by atoms with Crippen LogP contribution in [0.2, 0.25) is 0 Å². The zero-order valence-electron chi connectivity index (χ0n) is 10.3. The Bertz CT molecular complexity index is 492. The molecule has 0 aliphatic heterocycles. The number of aryl methyl sites for hydroxylation is 2. The van der Waals surface area contributed by atoms with Crippen molar-refractivity contribution in [3.05, 3.63) is 47.0 Å². The molecular weight excluding hydrogens is 196 g/mol.